The number of nitrogens with one attached hydrogen (secondary N) is 1. The van der Waals surface area contributed by atoms with Crippen molar-refractivity contribution in [1.29, 1.82) is 0 Å². The number of carbonyl (C=O) groups is 1. The van der Waals surface area contributed by atoms with Gasteiger partial charge in [0.05, 0.1) is 6.26 Å². The third kappa shape index (κ3) is 5.00. The predicted octanol–water partition coefficient (Wildman–Crippen LogP) is 4.27. The van der Waals surface area contributed by atoms with E-state index in [1.807, 2.05) is 49.4 Å². The van der Waals surface area contributed by atoms with Crippen LogP contribution in [-0.4, -0.2) is 23.7 Å². The second-order valence-corrected chi connectivity index (χ2v) is 7.53. The van der Waals surface area contributed by atoms with Crippen LogP contribution in [-0.2, 0) is 11.2 Å². The van der Waals surface area contributed by atoms with Crippen molar-refractivity contribution in [2.24, 2.45) is 0 Å². The molecule has 2 N–H and O–H groups in total. The number of rotatable bonds is 8. The summed E-state index contributed by atoms with van der Waals surface area (Å²) >= 11 is 0. The molecule has 164 valence electrons. The van der Waals surface area contributed by atoms with E-state index in [1.54, 1.807) is 6.26 Å². The van der Waals surface area contributed by atoms with Gasteiger partial charge in [0, 0.05) is 36.2 Å². The molecule has 1 amide bonds. The maximum atomic E-state index is 12.5. The van der Waals surface area contributed by atoms with Gasteiger partial charge in [-0.05, 0) is 25.5 Å². The van der Waals surface area contributed by atoms with Crippen molar-refractivity contribution in [2.75, 3.05) is 6.61 Å². The lowest BCUT2D eigenvalue weighted by Crippen LogP contribution is -2.36. The summed E-state index contributed by atoms with van der Waals surface area (Å²) in [6.45, 7) is 1.67. The van der Waals surface area contributed by atoms with E-state index in [2.05, 4.69) is 5.32 Å². The number of ether oxygens (including phenoxy) is 1. The van der Waals surface area contributed by atoms with Gasteiger partial charge < -0.3 is 24.0 Å². The number of phenols is 1. The minimum Gasteiger partial charge on any atom is -0.507 e. The molecule has 2 aromatic heterocycles. The summed E-state index contributed by atoms with van der Waals surface area (Å²) in [5, 5.41) is 13.2. The number of carbonyl (C=O) groups excluding carboxylic acids is 1. The molecule has 7 heteroatoms. The van der Waals surface area contributed by atoms with Gasteiger partial charge in [0.1, 0.15) is 34.0 Å². The van der Waals surface area contributed by atoms with Gasteiger partial charge in [-0.1, -0.05) is 30.3 Å². The molecule has 7 nitrogen and oxygen atoms in total. The van der Waals surface area contributed by atoms with Crippen LogP contribution in [0.15, 0.2) is 80.6 Å². The Balaban J connectivity index is 1.43. The van der Waals surface area contributed by atoms with Gasteiger partial charge in [-0.3, -0.25) is 9.59 Å². The number of aromatic hydroxyl groups is 1. The SMILES string of the molecule is C[C@H](CCc1ccco1)NC(=O)COc1cc(O)c2c(=O)cc(-c3ccccc3)oc2c1. The van der Waals surface area contributed by atoms with Gasteiger partial charge in [-0.2, -0.15) is 0 Å². The quantitative estimate of drug-likeness (QED) is 0.430. The predicted molar refractivity (Wildman–Crippen MR) is 120 cm³/mol. The zero-order chi connectivity index (χ0) is 22.5. The van der Waals surface area contributed by atoms with Crippen molar-refractivity contribution in [2.45, 2.75) is 25.8 Å². The number of benzene rings is 2. The Labute approximate surface area is 184 Å². The molecule has 2 aromatic carbocycles. The number of furan rings is 1. The highest BCUT2D eigenvalue weighted by atomic mass is 16.5. The molecule has 1 atom stereocenters. The molecule has 0 unspecified atom stereocenters. The minimum absolute atomic E-state index is 0.0624. The molecule has 0 aliphatic heterocycles. The highest BCUT2D eigenvalue weighted by Gasteiger charge is 2.14. The van der Waals surface area contributed by atoms with Crippen molar-refractivity contribution in [3.05, 3.63) is 82.9 Å². The van der Waals surface area contributed by atoms with Crippen molar-refractivity contribution in [1.82, 2.24) is 5.32 Å². The minimum atomic E-state index is -0.364. The van der Waals surface area contributed by atoms with Crippen molar-refractivity contribution < 1.29 is 23.5 Å². The molecule has 0 saturated heterocycles. The molecule has 0 bridgehead atoms. The topological polar surface area (TPSA) is 102 Å². The summed E-state index contributed by atoms with van der Waals surface area (Å²) in [5.74, 6) is 0.906. The Hall–Kier alpha value is -4.00. The molecule has 4 rings (SSSR count). The first kappa shape index (κ1) is 21.2. The second kappa shape index (κ2) is 9.43. The Morgan fingerprint density at radius 3 is 2.69 bits per heavy atom. The fourth-order valence-electron chi connectivity index (χ4n) is 3.42. The average Bonchev–Trinajstić information content (AvgIpc) is 3.30. The lowest BCUT2D eigenvalue weighted by molar-refractivity contribution is -0.123. The maximum Gasteiger partial charge on any atom is 0.258 e. The van der Waals surface area contributed by atoms with E-state index in [9.17, 15) is 14.7 Å². The lowest BCUT2D eigenvalue weighted by atomic mass is 10.1. The van der Waals surface area contributed by atoms with Gasteiger partial charge >= 0.3 is 0 Å². The van der Waals surface area contributed by atoms with Gasteiger partial charge in [-0.25, -0.2) is 0 Å². The van der Waals surface area contributed by atoms with Crippen LogP contribution in [0.1, 0.15) is 19.1 Å². The largest absolute Gasteiger partial charge is 0.507 e. The smallest absolute Gasteiger partial charge is 0.258 e. The maximum absolute atomic E-state index is 12.5. The fourth-order valence-corrected chi connectivity index (χ4v) is 3.42. The van der Waals surface area contributed by atoms with E-state index in [4.69, 9.17) is 13.6 Å². The number of hydrogen-bond acceptors (Lipinski definition) is 6. The molecule has 0 aliphatic rings. The monoisotopic (exact) mass is 433 g/mol. The van der Waals surface area contributed by atoms with Crippen molar-refractivity contribution in [3.8, 4) is 22.8 Å². The first-order valence-corrected chi connectivity index (χ1v) is 10.3. The van der Waals surface area contributed by atoms with Gasteiger partial charge in [0.2, 0.25) is 0 Å². The van der Waals surface area contributed by atoms with Crippen molar-refractivity contribution >= 4 is 16.9 Å². The molecule has 0 aliphatic carbocycles. The van der Waals surface area contributed by atoms with Gasteiger partial charge in [0.15, 0.2) is 12.0 Å². The summed E-state index contributed by atoms with van der Waals surface area (Å²) in [7, 11) is 0. The fraction of sp³-hybridized carbons (Fsp3) is 0.200. The van der Waals surface area contributed by atoms with E-state index in [0.717, 1.165) is 24.2 Å². The first-order valence-electron chi connectivity index (χ1n) is 10.3. The molecule has 4 aromatic rings. The lowest BCUT2D eigenvalue weighted by Gasteiger charge is -2.14. The van der Waals surface area contributed by atoms with Crippen LogP contribution in [0.5, 0.6) is 11.5 Å². The average molecular weight is 433 g/mol. The van der Waals surface area contributed by atoms with Crippen LogP contribution in [0.4, 0.5) is 0 Å². The third-order valence-corrected chi connectivity index (χ3v) is 5.02. The van der Waals surface area contributed by atoms with Crippen molar-refractivity contribution in [3.63, 3.8) is 0 Å². The first-order chi connectivity index (χ1) is 15.5. The Morgan fingerprint density at radius 1 is 1.12 bits per heavy atom. The zero-order valence-electron chi connectivity index (χ0n) is 17.5. The van der Waals surface area contributed by atoms with Gasteiger partial charge in [0.25, 0.3) is 5.91 Å². The molecule has 2 heterocycles. The number of aryl methyl sites for hydroxylation is 1. The molecule has 0 radical (unpaired) electrons. The van der Waals surface area contributed by atoms with Crippen LogP contribution in [0.25, 0.3) is 22.3 Å². The zero-order valence-corrected chi connectivity index (χ0v) is 17.5. The summed E-state index contributed by atoms with van der Waals surface area (Å²) in [4.78, 5) is 24.7. The van der Waals surface area contributed by atoms with E-state index >= 15 is 0 Å². The molecule has 0 spiro atoms. The molecular formula is C25H23NO6. The molecular weight excluding hydrogens is 410 g/mol. The number of hydrogen-bond donors (Lipinski definition) is 2. The van der Waals surface area contributed by atoms with E-state index in [0.29, 0.717) is 5.76 Å². The summed E-state index contributed by atoms with van der Waals surface area (Å²) < 4.78 is 16.7. The highest BCUT2D eigenvalue weighted by Crippen LogP contribution is 2.31. The van der Waals surface area contributed by atoms with Gasteiger partial charge in [-0.15, -0.1) is 0 Å². The Bertz CT molecular complexity index is 1260. The van der Waals surface area contributed by atoms with E-state index < -0.39 is 0 Å². The third-order valence-electron chi connectivity index (χ3n) is 5.02. The van der Waals surface area contributed by atoms with Crippen LogP contribution in [0.3, 0.4) is 0 Å². The Morgan fingerprint density at radius 2 is 1.94 bits per heavy atom. The molecule has 0 fully saturated rings. The number of amides is 1. The Kier molecular flexibility index (Phi) is 6.26. The second-order valence-electron chi connectivity index (χ2n) is 7.53. The number of fused-ring (bicyclic) bond motifs is 1. The van der Waals surface area contributed by atoms with Crippen LogP contribution >= 0.6 is 0 Å². The summed E-state index contributed by atoms with van der Waals surface area (Å²) in [6.07, 6.45) is 3.07. The standard InChI is InChI=1S/C25H23NO6/c1-16(9-10-18-8-5-11-30-18)26-24(29)15-31-19-12-20(27)25-21(28)14-22(32-23(25)13-19)17-6-3-2-4-7-17/h2-8,11-14,16,27H,9-10,15H2,1H3,(H,26,29)/t16-/m1/s1. The summed E-state index contributed by atoms with van der Waals surface area (Å²) in [5.41, 5.74) is 0.552. The van der Waals surface area contributed by atoms with E-state index in [-0.39, 0.29) is 46.5 Å². The van der Waals surface area contributed by atoms with Crippen LogP contribution in [0.2, 0.25) is 0 Å². The molecule has 32 heavy (non-hydrogen) atoms. The summed E-state index contributed by atoms with van der Waals surface area (Å²) in [6, 6.07) is 17.0. The number of phenolic OH excluding ortho intramolecular Hbond substituents is 1. The van der Waals surface area contributed by atoms with E-state index in [1.165, 1.54) is 18.2 Å². The highest BCUT2D eigenvalue weighted by molar-refractivity contribution is 5.86. The molecule has 0 saturated carbocycles. The van der Waals surface area contributed by atoms with Crippen LogP contribution in [0, 0.1) is 0 Å². The normalized spacial score (nSPS) is 11.9. The van der Waals surface area contributed by atoms with Crippen LogP contribution < -0.4 is 15.5 Å².